The van der Waals surface area contributed by atoms with Gasteiger partial charge in [0.15, 0.2) is 0 Å². The van der Waals surface area contributed by atoms with Crippen LogP contribution in [0.2, 0.25) is 0 Å². The highest BCUT2D eigenvalue weighted by Crippen LogP contribution is 2.33. The number of nitrogens with two attached hydrogens (primary N) is 1. The molecule has 0 aromatic carbocycles. The molecule has 1 saturated heterocycles. The smallest absolute Gasteiger partial charge is 0.0589 e. The van der Waals surface area contributed by atoms with Crippen LogP contribution in [0.1, 0.15) is 38.5 Å². The lowest BCUT2D eigenvalue weighted by Crippen LogP contribution is -2.57. The molecule has 0 spiro atoms. The SMILES string of the molecule is COC1CCCC(CN)(N(C)CCN2CCCC2)C1. The van der Waals surface area contributed by atoms with E-state index in [1.807, 2.05) is 7.11 Å². The van der Waals surface area contributed by atoms with Crippen molar-refractivity contribution in [3.8, 4) is 0 Å². The third-order valence-electron chi connectivity index (χ3n) is 5.25. The molecule has 2 atom stereocenters. The molecule has 2 aliphatic rings. The lowest BCUT2D eigenvalue weighted by atomic mass is 9.79. The summed E-state index contributed by atoms with van der Waals surface area (Å²) in [5.41, 5.74) is 6.29. The standard InChI is InChI=1S/C15H31N3O/c1-17(10-11-18-8-3-4-9-18)15(13-16)7-5-6-14(12-15)19-2/h14H,3-13,16H2,1-2H3. The summed E-state index contributed by atoms with van der Waals surface area (Å²) in [5.74, 6) is 0. The van der Waals surface area contributed by atoms with E-state index >= 15 is 0 Å². The number of likely N-dealkylation sites (N-methyl/N-ethyl adjacent to an activating group) is 1. The van der Waals surface area contributed by atoms with E-state index in [0.29, 0.717) is 6.10 Å². The van der Waals surface area contributed by atoms with Gasteiger partial charge in [0.1, 0.15) is 0 Å². The van der Waals surface area contributed by atoms with Crippen molar-refractivity contribution in [2.24, 2.45) is 5.73 Å². The Labute approximate surface area is 118 Å². The van der Waals surface area contributed by atoms with Crippen LogP contribution in [0.25, 0.3) is 0 Å². The maximum atomic E-state index is 6.13. The van der Waals surface area contributed by atoms with Crippen LogP contribution in [-0.2, 0) is 4.74 Å². The molecule has 0 radical (unpaired) electrons. The molecule has 1 saturated carbocycles. The first kappa shape index (κ1) is 15.2. The number of rotatable bonds is 6. The van der Waals surface area contributed by atoms with Crippen molar-refractivity contribution in [1.29, 1.82) is 0 Å². The van der Waals surface area contributed by atoms with E-state index in [-0.39, 0.29) is 5.54 Å². The van der Waals surface area contributed by atoms with Gasteiger partial charge in [0.05, 0.1) is 6.10 Å². The summed E-state index contributed by atoms with van der Waals surface area (Å²) in [4.78, 5) is 5.09. The zero-order valence-electron chi connectivity index (χ0n) is 12.7. The quantitative estimate of drug-likeness (QED) is 0.789. The van der Waals surface area contributed by atoms with Gasteiger partial charge >= 0.3 is 0 Å². The van der Waals surface area contributed by atoms with Gasteiger partial charge in [-0.2, -0.15) is 0 Å². The second kappa shape index (κ2) is 7.02. The van der Waals surface area contributed by atoms with Gasteiger partial charge < -0.3 is 15.4 Å². The van der Waals surface area contributed by atoms with Crippen molar-refractivity contribution in [3.63, 3.8) is 0 Å². The van der Waals surface area contributed by atoms with Gasteiger partial charge in [-0.25, -0.2) is 0 Å². The molecule has 0 aromatic heterocycles. The maximum Gasteiger partial charge on any atom is 0.0589 e. The van der Waals surface area contributed by atoms with Crippen molar-refractivity contribution < 1.29 is 4.74 Å². The Kier molecular flexibility index (Phi) is 5.63. The average molecular weight is 269 g/mol. The molecule has 2 rings (SSSR count). The zero-order chi connectivity index (χ0) is 13.7. The number of nitrogens with zero attached hydrogens (tertiary/aromatic N) is 2. The summed E-state index contributed by atoms with van der Waals surface area (Å²) in [6, 6.07) is 0. The van der Waals surface area contributed by atoms with Crippen molar-refractivity contribution in [2.75, 3.05) is 46.9 Å². The van der Waals surface area contributed by atoms with Crippen molar-refractivity contribution in [3.05, 3.63) is 0 Å². The highest BCUT2D eigenvalue weighted by molar-refractivity contribution is 4.96. The lowest BCUT2D eigenvalue weighted by molar-refractivity contribution is -0.0138. The van der Waals surface area contributed by atoms with Gasteiger partial charge in [-0.1, -0.05) is 0 Å². The Morgan fingerprint density at radius 1 is 1.32 bits per heavy atom. The first-order chi connectivity index (χ1) is 9.20. The van der Waals surface area contributed by atoms with Crippen LogP contribution in [0.15, 0.2) is 0 Å². The summed E-state index contributed by atoms with van der Waals surface area (Å²) in [6.07, 6.45) is 7.89. The first-order valence-electron chi connectivity index (χ1n) is 7.87. The lowest BCUT2D eigenvalue weighted by Gasteiger charge is -2.46. The largest absolute Gasteiger partial charge is 0.381 e. The number of ether oxygens (including phenoxy) is 1. The molecule has 2 N–H and O–H groups in total. The topological polar surface area (TPSA) is 41.7 Å². The molecule has 1 aliphatic carbocycles. The Morgan fingerprint density at radius 2 is 2.05 bits per heavy atom. The summed E-state index contributed by atoms with van der Waals surface area (Å²) >= 11 is 0. The van der Waals surface area contributed by atoms with Crippen LogP contribution in [0, 0.1) is 0 Å². The van der Waals surface area contributed by atoms with Crippen molar-refractivity contribution in [1.82, 2.24) is 9.80 Å². The van der Waals surface area contributed by atoms with Gasteiger partial charge in [-0.3, -0.25) is 4.90 Å². The van der Waals surface area contributed by atoms with Crippen LogP contribution in [-0.4, -0.2) is 68.3 Å². The second-order valence-electron chi connectivity index (χ2n) is 6.35. The minimum Gasteiger partial charge on any atom is -0.381 e. The minimum atomic E-state index is 0.165. The number of hydrogen-bond donors (Lipinski definition) is 1. The summed E-state index contributed by atoms with van der Waals surface area (Å²) in [6.45, 7) is 5.64. The molecule has 1 heterocycles. The van der Waals surface area contributed by atoms with Crippen LogP contribution >= 0.6 is 0 Å². The maximum absolute atomic E-state index is 6.13. The third-order valence-corrected chi connectivity index (χ3v) is 5.25. The molecule has 0 aromatic rings. The van der Waals surface area contributed by atoms with E-state index in [9.17, 15) is 0 Å². The Bertz CT molecular complexity index is 268. The van der Waals surface area contributed by atoms with Gasteiger partial charge in [-0.15, -0.1) is 0 Å². The first-order valence-corrected chi connectivity index (χ1v) is 7.87. The van der Waals surface area contributed by atoms with Crippen molar-refractivity contribution >= 4 is 0 Å². The average Bonchev–Trinajstić information content (AvgIpc) is 2.97. The van der Waals surface area contributed by atoms with Gasteiger partial charge in [0.2, 0.25) is 0 Å². The molecule has 19 heavy (non-hydrogen) atoms. The van der Waals surface area contributed by atoms with Crippen molar-refractivity contribution in [2.45, 2.75) is 50.2 Å². The molecule has 0 amide bonds. The van der Waals surface area contributed by atoms with Crippen LogP contribution in [0.4, 0.5) is 0 Å². The van der Waals surface area contributed by atoms with E-state index in [2.05, 4.69) is 16.8 Å². The van der Waals surface area contributed by atoms with Crippen LogP contribution < -0.4 is 5.73 Å². The normalized spacial score (nSPS) is 33.2. The van der Waals surface area contributed by atoms with E-state index in [4.69, 9.17) is 10.5 Å². The van der Waals surface area contributed by atoms with Gasteiger partial charge in [-0.05, 0) is 58.7 Å². The fourth-order valence-corrected chi connectivity index (χ4v) is 3.71. The second-order valence-corrected chi connectivity index (χ2v) is 6.35. The fraction of sp³-hybridized carbons (Fsp3) is 1.00. The summed E-state index contributed by atoms with van der Waals surface area (Å²) < 4.78 is 5.58. The monoisotopic (exact) mass is 269 g/mol. The summed E-state index contributed by atoms with van der Waals surface area (Å²) in [7, 11) is 4.09. The molecule has 112 valence electrons. The molecule has 2 unspecified atom stereocenters. The predicted molar refractivity (Wildman–Crippen MR) is 79.4 cm³/mol. The fourth-order valence-electron chi connectivity index (χ4n) is 3.71. The molecular formula is C15H31N3O. The minimum absolute atomic E-state index is 0.165. The van der Waals surface area contributed by atoms with E-state index in [1.165, 1.54) is 51.7 Å². The van der Waals surface area contributed by atoms with Crippen LogP contribution in [0.3, 0.4) is 0 Å². The molecular weight excluding hydrogens is 238 g/mol. The van der Waals surface area contributed by atoms with Gasteiger partial charge in [0.25, 0.3) is 0 Å². The zero-order valence-corrected chi connectivity index (χ0v) is 12.7. The van der Waals surface area contributed by atoms with E-state index in [0.717, 1.165) is 19.5 Å². The Morgan fingerprint density at radius 3 is 2.68 bits per heavy atom. The Hall–Kier alpha value is -0.160. The highest BCUT2D eigenvalue weighted by atomic mass is 16.5. The summed E-state index contributed by atoms with van der Waals surface area (Å²) in [5, 5.41) is 0. The molecule has 2 fully saturated rings. The van der Waals surface area contributed by atoms with E-state index < -0.39 is 0 Å². The molecule has 0 bridgehead atoms. The predicted octanol–water partition coefficient (Wildman–Crippen LogP) is 1.30. The van der Waals surface area contributed by atoms with Gasteiger partial charge in [0, 0.05) is 32.3 Å². The Balaban J connectivity index is 1.87. The number of likely N-dealkylation sites (tertiary alicyclic amines) is 1. The van der Waals surface area contributed by atoms with E-state index in [1.54, 1.807) is 0 Å². The highest BCUT2D eigenvalue weighted by Gasteiger charge is 2.38. The molecule has 4 heteroatoms. The number of hydrogen-bond acceptors (Lipinski definition) is 4. The number of methoxy groups -OCH3 is 1. The van der Waals surface area contributed by atoms with Crippen LogP contribution in [0.5, 0.6) is 0 Å². The molecule has 1 aliphatic heterocycles. The third kappa shape index (κ3) is 3.69. The molecule has 4 nitrogen and oxygen atoms in total.